The quantitative estimate of drug-likeness (QED) is 0.295. The van der Waals surface area contributed by atoms with E-state index >= 15 is 0 Å². The standard InChI is InChI=1S/C30H31ClN2O3/c1-18-25(20-13-16-24(32-17-20)33(5)6)22-9-7-8-10-23(22)27(19-11-14-21(31)15-12-19)26(18)28(29(34)35)36-30(2,3)4/h7-17,28H,1-6H3,(H,34,35). The smallest absolute Gasteiger partial charge is 0.337 e. The maximum atomic E-state index is 12.7. The summed E-state index contributed by atoms with van der Waals surface area (Å²) in [5.41, 5.74) is 4.37. The van der Waals surface area contributed by atoms with E-state index in [2.05, 4.69) is 11.1 Å². The SMILES string of the molecule is Cc1c(C(OC(C)(C)C)C(=O)O)c(-c2ccc(Cl)cc2)c2ccccc2c1-c1ccc(N(C)C)nc1. The van der Waals surface area contributed by atoms with Gasteiger partial charge >= 0.3 is 5.97 Å². The van der Waals surface area contributed by atoms with Crippen LogP contribution in [0.25, 0.3) is 33.0 Å². The fraction of sp³-hybridized carbons (Fsp3) is 0.267. The van der Waals surface area contributed by atoms with Crippen LogP contribution in [-0.2, 0) is 9.53 Å². The number of halogens is 1. The number of ether oxygens (including phenoxy) is 1. The molecular formula is C30H31ClN2O3. The van der Waals surface area contributed by atoms with Crippen LogP contribution in [0.1, 0.15) is 38.0 Å². The molecule has 1 N–H and O–H groups in total. The topological polar surface area (TPSA) is 62.7 Å². The third kappa shape index (κ3) is 5.08. The highest BCUT2D eigenvalue weighted by Gasteiger charge is 2.33. The second-order valence-electron chi connectivity index (χ2n) is 10.1. The molecule has 6 heteroatoms. The number of fused-ring (bicyclic) bond motifs is 1. The predicted molar refractivity (Wildman–Crippen MR) is 148 cm³/mol. The predicted octanol–water partition coefficient (Wildman–Crippen LogP) is 7.54. The number of rotatable bonds is 6. The molecule has 3 aromatic carbocycles. The molecule has 0 bridgehead atoms. The van der Waals surface area contributed by atoms with E-state index in [9.17, 15) is 9.90 Å². The summed E-state index contributed by atoms with van der Waals surface area (Å²) in [7, 11) is 3.89. The summed E-state index contributed by atoms with van der Waals surface area (Å²) in [5.74, 6) is -0.191. The zero-order valence-electron chi connectivity index (χ0n) is 21.5. The number of carboxylic acid groups (broad SMARTS) is 1. The minimum atomic E-state index is -1.17. The van der Waals surface area contributed by atoms with Gasteiger partial charge in [0.1, 0.15) is 5.82 Å². The third-order valence-corrected chi connectivity index (χ3v) is 6.35. The first-order valence-corrected chi connectivity index (χ1v) is 12.2. The van der Waals surface area contributed by atoms with Gasteiger partial charge in [-0.25, -0.2) is 9.78 Å². The molecule has 1 unspecified atom stereocenters. The zero-order valence-corrected chi connectivity index (χ0v) is 22.2. The van der Waals surface area contributed by atoms with Gasteiger partial charge in [0, 0.05) is 36.4 Å². The number of anilines is 1. The average molecular weight is 503 g/mol. The lowest BCUT2D eigenvalue weighted by molar-refractivity contribution is -0.160. The number of hydrogen-bond acceptors (Lipinski definition) is 4. The first-order chi connectivity index (χ1) is 17.0. The number of benzene rings is 3. The Morgan fingerprint density at radius 2 is 1.53 bits per heavy atom. The summed E-state index contributed by atoms with van der Waals surface area (Å²) in [6.45, 7) is 7.57. The Kier molecular flexibility index (Phi) is 7.07. The normalized spacial score (nSPS) is 12.5. The maximum Gasteiger partial charge on any atom is 0.337 e. The van der Waals surface area contributed by atoms with Crippen molar-refractivity contribution >= 4 is 34.2 Å². The highest BCUT2D eigenvalue weighted by Crippen LogP contribution is 2.45. The van der Waals surface area contributed by atoms with Crippen LogP contribution in [0.3, 0.4) is 0 Å². The van der Waals surface area contributed by atoms with Crippen LogP contribution in [0.15, 0.2) is 66.9 Å². The molecule has 0 fully saturated rings. The van der Waals surface area contributed by atoms with Crippen LogP contribution in [0.5, 0.6) is 0 Å². The van der Waals surface area contributed by atoms with Gasteiger partial charge < -0.3 is 14.7 Å². The molecule has 186 valence electrons. The van der Waals surface area contributed by atoms with Crippen molar-refractivity contribution in [3.63, 3.8) is 0 Å². The zero-order chi connectivity index (χ0) is 26.2. The van der Waals surface area contributed by atoms with Crippen molar-refractivity contribution in [1.29, 1.82) is 0 Å². The summed E-state index contributed by atoms with van der Waals surface area (Å²) < 4.78 is 6.19. The molecule has 4 aromatic rings. The number of pyridine rings is 1. The van der Waals surface area contributed by atoms with E-state index in [1.807, 2.05) is 107 Å². The van der Waals surface area contributed by atoms with Gasteiger partial charge in [0.05, 0.1) is 5.60 Å². The Labute approximate surface area is 217 Å². The Morgan fingerprint density at radius 3 is 2.03 bits per heavy atom. The second kappa shape index (κ2) is 9.92. The van der Waals surface area contributed by atoms with Crippen LogP contribution in [0.2, 0.25) is 5.02 Å². The first kappa shape index (κ1) is 25.7. The van der Waals surface area contributed by atoms with Crippen LogP contribution in [0, 0.1) is 6.92 Å². The summed E-state index contributed by atoms with van der Waals surface area (Å²) in [5, 5.41) is 13.0. The van der Waals surface area contributed by atoms with E-state index in [4.69, 9.17) is 16.3 Å². The van der Waals surface area contributed by atoms with Gasteiger partial charge in [-0.1, -0.05) is 48.0 Å². The summed E-state index contributed by atoms with van der Waals surface area (Å²) in [4.78, 5) is 19.3. The molecule has 0 amide bonds. The third-order valence-electron chi connectivity index (χ3n) is 6.10. The largest absolute Gasteiger partial charge is 0.479 e. The number of nitrogens with zero attached hydrogens (tertiary/aromatic N) is 2. The van der Waals surface area contributed by atoms with Gasteiger partial charge in [0.2, 0.25) is 0 Å². The fourth-order valence-electron chi connectivity index (χ4n) is 4.60. The fourth-order valence-corrected chi connectivity index (χ4v) is 4.73. The van der Waals surface area contributed by atoms with Crippen molar-refractivity contribution in [2.24, 2.45) is 0 Å². The molecular weight excluding hydrogens is 472 g/mol. The summed E-state index contributed by atoms with van der Waals surface area (Å²) in [6, 6.07) is 19.6. The molecule has 4 rings (SSSR count). The summed E-state index contributed by atoms with van der Waals surface area (Å²) in [6.07, 6.45) is 0.670. The molecule has 36 heavy (non-hydrogen) atoms. The van der Waals surface area contributed by atoms with E-state index in [1.165, 1.54) is 0 Å². The Bertz CT molecular complexity index is 1410. The van der Waals surface area contributed by atoms with Gasteiger partial charge in [-0.05, 0) is 85.0 Å². The maximum absolute atomic E-state index is 12.7. The lowest BCUT2D eigenvalue weighted by atomic mass is 9.82. The van der Waals surface area contributed by atoms with Gasteiger partial charge in [-0.3, -0.25) is 0 Å². The van der Waals surface area contributed by atoms with Gasteiger partial charge in [0.15, 0.2) is 6.10 Å². The monoisotopic (exact) mass is 502 g/mol. The molecule has 0 spiro atoms. The lowest BCUT2D eigenvalue weighted by Crippen LogP contribution is -2.28. The van der Waals surface area contributed by atoms with E-state index in [0.29, 0.717) is 10.6 Å². The molecule has 1 aromatic heterocycles. The molecule has 1 atom stereocenters. The van der Waals surface area contributed by atoms with Crippen LogP contribution in [0.4, 0.5) is 5.82 Å². The minimum Gasteiger partial charge on any atom is -0.479 e. The van der Waals surface area contributed by atoms with Crippen molar-refractivity contribution < 1.29 is 14.6 Å². The molecule has 0 aliphatic carbocycles. The molecule has 0 radical (unpaired) electrons. The van der Waals surface area contributed by atoms with E-state index < -0.39 is 17.7 Å². The Morgan fingerprint density at radius 1 is 0.944 bits per heavy atom. The van der Waals surface area contributed by atoms with Gasteiger partial charge in [0.25, 0.3) is 0 Å². The van der Waals surface area contributed by atoms with Crippen LogP contribution < -0.4 is 4.90 Å². The Balaban J connectivity index is 2.13. The second-order valence-corrected chi connectivity index (χ2v) is 10.5. The van der Waals surface area contributed by atoms with Crippen LogP contribution in [-0.4, -0.2) is 35.8 Å². The van der Waals surface area contributed by atoms with Gasteiger partial charge in [-0.2, -0.15) is 0 Å². The minimum absolute atomic E-state index is 0.616. The molecule has 1 heterocycles. The number of aliphatic carboxylic acids is 1. The molecule has 0 aliphatic heterocycles. The number of carbonyl (C=O) groups is 1. The lowest BCUT2D eigenvalue weighted by Gasteiger charge is -2.30. The van der Waals surface area contributed by atoms with E-state index in [1.54, 1.807) is 0 Å². The van der Waals surface area contributed by atoms with Crippen molar-refractivity contribution in [3.05, 3.63) is 83.0 Å². The Hall–Kier alpha value is -3.41. The number of carboxylic acids is 1. The van der Waals surface area contributed by atoms with Crippen molar-refractivity contribution in [2.75, 3.05) is 19.0 Å². The number of aromatic nitrogens is 1. The van der Waals surface area contributed by atoms with Crippen molar-refractivity contribution in [2.45, 2.75) is 39.4 Å². The first-order valence-electron chi connectivity index (χ1n) is 11.8. The van der Waals surface area contributed by atoms with E-state index in [-0.39, 0.29) is 0 Å². The van der Waals surface area contributed by atoms with Crippen LogP contribution >= 0.6 is 11.6 Å². The van der Waals surface area contributed by atoms with Crippen molar-refractivity contribution in [3.8, 4) is 22.3 Å². The molecule has 0 saturated carbocycles. The van der Waals surface area contributed by atoms with E-state index in [0.717, 1.165) is 44.4 Å². The number of hydrogen-bond donors (Lipinski definition) is 1. The molecule has 5 nitrogen and oxygen atoms in total. The molecule has 0 saturated heterocycles. The van der Waals surface area contributed by atoms with Crippen molar-refractivity contribution in [1.82, 2.24) is 4.98 Å². The average Bonchev–Trinajstić information content (AvgIpc) is 2.82. The molecule has 0 aliphatic rings. The highest BCUT2D eigenvalue weighted by molar-refractivity contribution is 6.30. The van der Waals surface area contributed by atoms with Gasteiger partial charge in [-0.15, -0.1) is 0 Å². The summed E-state index contributed by atoms with van der Waals surface area (Å²) >= 11 is 6.20. The highest BCUT2D eigenvalue weighted by atomic mass is 35.5.